The maximum absolute atomic E-state index is 8.12. The van der Waals surface area contributed by atoms with Crippen LogP contribution in [0.1, 0.15) is 16.7 Å². The van der Waals surface area contributed by atoms with Gasteiger partial charge in [-0.2, -0.15) is 0 Å². The summed E-state index contributed by atoms with van der Waals surface area (Å²) in [4.78, 5) is 16.2. The molecule has 0 bridgehead atoms. The molecule has 2 N–H and O–H groups in total. The Labute approximate surface area is 83.0 Å². The van der Waals surface area contributed by atoms with Crippen molar-refractivity contribution >= 4 is 46.3 Å². The van der Waals surface area contributed by atoms with Crippen LogP contribution >= 0.6 is 8.60 Å². The molecule has 0 saturated carbocycles. The average Bonchev–Trinajstić information content (AvgIpc) is 1.27. The quantitative estimate of drug-likeness (QED) is 0.463. The molecule has 0 aliphatic heterocycles. The minimum atomic E-state index is -2.14. The van der Waals surface area contributed by atoms with E-state index in [-0.39, 0.29) is 46.7 Å². The van der Waals surface area contributed by atoms with E-state index in [4.69, 9.17) is 9.79 Å². The molecule has 0 aromatic rings. The van der Waals surface area contributed by atoms with Crippen molar-refractivity contribution < 1.29 is 17.2 Å². The van der Waals surface area contributed by atoms with Gasteiger partial charge in [-0.15, -0.1) is 0 Å². The predicted molar refractivity (Wildman–Crippen MR) is 35.6 cm³/mol. The molecule has 48 valence electrons. The standard InChI is InChI=1S/C3H9O3P.Ca.2H/c1-3(2)6-7(4)5;;;/h3-5H,1-2H3;;;/q;+2;2*-1. The van der Waals surface area contributed by atoms with E-state index in [1.807, 2.05) is 0 Å². The van der Waals surface area contributed by atoms with Crippen LogP contribution in [0.5, 0.6) is 0 Å². The summed E-state index contributed by atoms with van der Waals surface area (Å²) in [5.41, 5.74) is 0. The van der Waals surface area contributed by atoms with Crippen LogP contribution in [0.2, 0.25) is 0 Å². The SMILES string of the molecule is CC(C)OP(O)O.[Ca+2].[H-].[H-]. The maximum Gasteiger partial charge on any atom is 2.00 e. The summed E-state index contributed by atoms with van der Waals surface area (Å²) in [6.45, 7) is 3.48. The first kappa shape index (κ1) is 12.3. The van der Waals surface area contributed by atoms with Gasteiger partial charge in [-0.25, -0.2) is 0 Å². The van der Waals surface area contributed by atoms with Crippen molar-refractivity contribution in [2.75, 3.05) is 0 Å². The van der Waals surface area contributed by atoms with Gasteiger partial charge in [0.2, 0.25) is 0 Å². The smallest absolute Gasteiger partial charge is 1.00 e. The zero-order chi connectivity index (χ0) is 5.86. The van der Waals surface area contributed by atoms with E-state index in [0.29, 0.717) is 0 Å². The Kier molecular flexibility index (Phi) is 10.3. The van der Waals surface area contributed by atoms with Crippen LogP contribution < -0.4 is 0 Å². The summed E-state index contributed by atoms with van der Waals surface area (Å²) in [5.74, 6) is 0. The molecule has 0 spiro atoms. The normalized spacial score (nSPS) is 9.75. The molecule has 0 aromatic heterocycles. The van der Waals surface area contributed by atoms with Gasteiger partial charge in [0.1, 0.15) is 0 Å². The molecule has 0 rings (SSSR count). The van der Waals surface area contributed by atoms with Crippen LogP contribution in [0.25, 0.3) is 0 Å². The average molecular weight is 166 g/mol. The van der Waals surface area contributed by atoms with Crippen LogP contribution in [-0.4, -0.2) is 53.6 Å². The third-order valence-electron chi connectivity index (χ3n) is 0.305. The minimum absolute atomic E-state index is 0. The Hall–Kier alpha value is 1.57. The van der Waals surface area contributed by atoms with Gasteiger partial charge in [0.05, 0.1) is 6.10 Å². The molecule has 0 aliphatic carbocycles. The van der Waals surface area contributed by atoms with Gasteiger partial charge in [-0.3, -0.25) is 0 Å². The van der Waals surface area contributed by atoms with E-state index in [2.05, 4.69) is 4.52 Å². The van der Waals surface area contributed by atoms with Crippen molar-refractivity contribution in [2.24, 2.45) is 0 Å². The summed E-state index contributed by atoms with van der Waals surface area (Å²) in [6.07, 6.45) is -0.0962. The van der Waals surface area contributed by atoms with Gasteiger partial charge in [-0.05, 0) is 13.8 Å². The van der Waals surface area contributed by atoms with Crippen LogP contribution in [0.3, 0.4) is 0 Å². The van der Waals surface area contributed by atoms with Gasteiger partial charge in [0.25, 0.3) is 0 Å². The van der Waals surface area contributed by atoms with Crippen molar-refractivity contribution in [3.8, 4) is 0 Å². The van der Waals surface area contributed by atoms with E-state index in [0.717, 1.165) is 0 Å². The Morgan fingerprint density at radius 1 is 1.50 bits per heavy atom. The Balaban J connectivity index is -0.0000000600. The summed E-state index contributed by atoms with van der Waals surface area (Å²) in [7, 11) is -2.14. The molecule has 0 aliphatic rings. The van der Waals surface area contributed by atoms with Crippen molar-refractivity contribution in [3.63, 3.8) is 0 Å². The molecule has 5 heteroatoms. The Bertz CT molecular complexity index is 51.0. The zero-order valence-electron chi connectivity index (χ0n) is 7.03. The van der Waals surface area contributed by atoms with Gasteiger partial charge in [0.15, 0.2) is 0 Å². The third-order valence-corrected chi connectivity index (χ3v) is 0.915. The van der Waals surface area contributed by atoms with Crippen molar-refractivity contribution in [3.05, 3.63) is 0 Å². The fourth-order valence-electron chi connectivity index (χ4n) is 0.189. The molecule has 0 unspecified atom stereocenters. The summed E-state index contributed by atoms with van der Waals surface area (Å²) < 4.78 is 4.43. The monoisotopic (exact) mass is 166 g/mol. The second kappa shape index (κ2) is 6.69. The molecule has 0 fully saturated rings. The van der Waals surface area contributed by atoms with Crippen LogP contribution in [0.15, 0.2) is 0 Å². The second-order valence-corrected chi connectivity index (χ2v) is 2.12. The third kappa shape index (κ3) is 10.5. The van der Waals surface area contributed by atoms with Gasteiger partial charge < -0.3 is 17.2 Å². The van der Waals surface area contributed by atoms with E-state index < -0.39 is 8.60 Å². The summed E-state index contributed by atoms with van der Waals surface area (Å²) in [6, 6.07) is 0. The first-order chi connectivity index (χ1) is 3.13. The second-order valence-electron chi connectivity index (χ2n) is 1.41. The zero-order valence-corrected chi connectivity index (χ0v) is 8.14. The maximum atomic E-state index is 8.12. The summed E-state index contributed by atoms with van der Waals surface area (Å²) in [5, 5.41) is 0. The topological polar surface area (TPSA) is 49.7 Å². The molecule has 0 aromatic carbocycles. The molecule has 0 heterocycles. The fraction of sp³-hybridized carbons (Fsp3) is 1.00. The van der Waals surface area contributed by atoms with Gasteiger partial charge in [0, 0.05) is 0 Å². The van der Waals surface area contributed by atoms with Gasteiger partial charge >= 0.3 is 46.3 Å². The predicted octanol–water partition coefficient (Wildman–Crippen LogP) is 0.467. The number of hydrogen-bond acceptors (Lipinski definition) is 3. The molecule has 0 amide bonds. The Morgan fingerprint density at radius 3 is 1.88 bits per heavy atom. The molecule has 3 nitrogen and oxygen atoms in total. The first-order valence-electron chi connectivity index (χ1n) is 1.97. The van der Waals surface area contributed by atoms with E-state index in [9.17, 15) is 0 Å². The van der Waals surface area contributed by atoms with E-state index in [1.165, 1.54) is 0 Å². The minimum Gasteiger partial charge on any atom is -1.00 e. The van der Waals surface area contributed by atoms with Crippen molar-refractivity contribution in [1.29, 1.82) is 0 Å². The summed E-state index contributed by atoms with van der Waals surface area (Å²) >= 11 is 0. The Morgan fingerprint density at radius 2 is 1.88 bits per heavy atom. The molecule has 0 atom stereocenters. The van der Waals surface area contributed by atoms with Crippen LogP contribution in [-0.2, 0) is 4.52 Å². The van der Waals surface area contributed by atoms with Gasteiger partial charge in [-0.1, -0.05) is 0 Å². The number of hydrogen-bond donors (Lipinski definition) is 2. The molecule has 0 radical (unpaired) electrons. The fourth-order valence-corrected chi connectivity index (χ4v) is 0.566. The van der Waals surface area contributed by atoms with Crippen LogP contribution in [0.4, 0.5) is 0 Å². The largest absolute Gasteiger partial charge is 2.00 e. The number of rotatable bonds is 2. The van der Waals surface area contributed by atoms with E-state index >= 15 is 0 Å². The first-order valence-corrected chi connectivity index (χ1v) is 3.14. The molecule has 8 heavy (non-hydrogen) atoms. The molecular weight excluding hydrogens is 155 g/mol. The van der Waals surface area contributed by atoms with Crippen LogP contribution in [0, 0.1) is 0 Å². The van der Waals surface area contributed by atoms with Crippen molar-refractivity contribution in [2.45, 2.75) is 20.0 Å². The van der Waals surface area contributed by atoms with Crippen molar-refractivity contribution in [1.82, 2.24) is 0 Å². The molecule has 0 saturated heterocycles. The molecular formula is C3H11CaO3P. The van der Waals surface area contributed by atoms with E-state index in [1.54, 1.807) is 13.8 Å².